The summed E-state index contributed by atoms with van der Waals surface area (Å²) < 4.78 is 6.28. The van der Waals surface area contributed by atoms with Crippen LogP contribution >= 0.6 is 0 Å². The monoisotopic (exact) mass is 677 g/mol. The predicted molar refractivity (Wildman–Crippen MR) is 217 cm³/mol. The van der Waals surface area contributed by atoms with Gasteiger partial charge >= 0.3 is 0 Å². The molecule has 2 heterocycles. The van der Waals surface area contributed by atoms with Crippen LogP contribution in [0.4, 0.5) is 0 Å². The highest BCUT2D eigenvalue weighted by molar-refractivity contribution is 6.11. The van der Waals surface area contributed by atoms with Gasteiger partial charge in [-0.15, -0.1) is 0 Å². The Hall–Kier alpha value is -7.17. The first kappa shape index (κ1) is 30.6. The molecular formula is C49H31N3O. The second-order valence-corrected chi connectivity index (χ2v) is 13.2. The minimum atomic E-state index is 0.592. The number of aromatic nitrogens is 3. The SMILES string of the molecule is c1ccc(-c2ccc(-c3nc(-c4ccc(-c5ccc6ccccc6c5)cc4)nc(-c4cccc5oc6ccccc6c45)n3)cc2-c2ccccc2)cc1. The van der Waals surface area contributed by atoms with Crippen LogP contribution in [0.15, 0.2) is 192 Å². The number of hydrogen-bond donors (Lipinski definition) is 0. The maximum Gasteiger partial charge on any atom is 0.164 e. The average Bonchev–Trinajstić information content (AvgIpc) is 3.63. The number of benzene rings is 8. The summed E-state index contributed by atoms with van der Waals surface area (Å²) in [5.41, 5.74) is 11.2. The van der Waals surface area contributed by atoms with Gasteiger partial charge in [-0.3, -0.25) is 0 Å². The largest absolute Gasteiger partial charge is 0.456 e. The van der Waals surface area contributed by atoms with Crippen LogP contribution in [0.5, 0.6) is 0 Å². The van der Waals surface area contributed by atoms with E-state index in [1.54, 1.807) is 0 Å². The third-order valence-electron chi connectivity index (χ3n) is 9.95. The van der Waals surface area contributed by atoms with Gasteiger partial charge in [0.2, 0.25) is 0 Å². The number of fused-ring (bicyclic) bond motifs is 4. The quantitative estimate of drug-likeness (QED) is 0.176. The molecule has 0 aliphatic carbocycles. The Morgan fingerprint density at radius 1 is 0.302 bits per heavy atom. The lowest BCUT2D eigenvalue weighted by Gasteiger charge is -2.14. The van der Waals surface area contributed by atoms with Crippen LogP contribution in [0.1, 0.15) is 0 Å². The molecule has 8 aromatic carbocycles. The Bertz CT molecular complexity index is 2930. The third kappa shape index (κ3) is 5.63. The van der Waals surface area contributed by atoms with Crippen molar-refractivity contribution in [2.24, 2.45) is 0 Å². The van der Waals surface area contributed by atoms with Gasteiger partial charge in [-0.1, -0.05) is 164 Å². The smallest absolute Gasteiger partial charge is 0.164 e. The summed E-state index contributed by atoms with van der Waals surface area (Å²) in [6.07, 6.45) is 0. The van der Waals surface area contributed by atoms with E-state index in [0.29, 0.717) is 17.5 Å². The van der Waals surface area contributed by atoms with Crippen LogP contribution in [0.3, 0.4) is 0 Å². The summed E-state index contributed by atoms with van der Waals surface area (Å²) in [6, 6.07) is 65.3. The lowest BCUT2D eigenvalue weighted by Crippen LogP contribution is -2.01. The van der Waals surface area contributed by atoms with Crippen molar-refractivity contribution in [1.82, 2.24) is 15.0 Å². The molecule has 0 saturated heterocycles. The Labute approximate surface area is 306 Å². The minimum Gasteiger partial charge on any atom is -0.456 e. The first-order chi connectivity index (χ1) is 26.2. The molecule has 0 unspecified atom stereocenters. The zero-order valence-electron chi connectivity index (χ0n) is 28.6. The Balaban J connectivity index is 1.15. The fourth-order valence-corrected chi connectivity index (χ4v) is 7.31. The van der Waals surface area contributed by atoms with Crippen molar-refractivity contribution < 1.29 is 4.42 Å². The molecule has 10 rings (SSSR count). The van der Waals surface area contributed by atoms with E-state index in [2.05, 4.69) is 146 Å². The zero-order valence-corrected chi connectivity index (χ0v) is 28.6. The van der Waals surface area contributed by atoms with Crippen LogP contribution in [0, 0.1) is 0 Å². The molecule has 2 aromatic heterocycles. The highest BCUT2D eigenvalue weighted by Gasteiger charge is 2.19. The molecule has 0 amide bonds. The van der Waals surface area contributed by atoms with Crippen molar-refractivity contribution in [3.63, 3.8) is 0 Å². The van der Waals surface area contributed by atoms with E-state index in [-0.39, 0.29) is 0 Å². The molecule has 0 N–H and O–H groups in total. The van der Waals surface area contributed by atoms with Crippen molar-refractivity contribution in [2.45, 2.75) is 0 Å². The number of furan rings is 1. The van der Waals surface area contributed by atoms with Gasteiger partial charge in [-0.25, -0.2) is 15.0 Å². The first-order valence-corrected chi connectivity index (χ1v) is 17.8. The second kappa shape index (κ2) is 12.9. The van der Waals surface area contributed by atoms with Crippen LogP contribution < -0.4 is 0 Å². The molecular weight excluding hydrogens is 647 g/mol. The molecule has 4 heteroatoms. The van der Waals surface area contributed by atoms with Gasteiger partial charge in [0.15, 0.2) is 17.5 Å². The molecule has 10 aromatic rings. The van der Waals surface area contributed by atoms with Crippen LogP contribution in [-0.4, -0.2) is 15.0 Å². The summed E-state index contributed by atoms with van der Waals surface area (Å²) in [4.78, 5) is 15.5. The van der Waals surface area contributed by atoms with Crippen molar-refractivity contribution in [2.75, 3.05) is 0 Å². The number of rotatable bonds is 6. The van der Waals surface area contributed by atoms with E-state index in [1.807, 2.05) is 42.5 Å². The van der Waals surface area contributed by atoms with Crippen LogP contribution in [-0.2, 0) is 0 Å². The van der Waals surface area contributed by atoms with Crippen LogP contribution in [0.25, 0.3) is 100 Å². The zero-order chi connectivity index (χ0) is 35.1. The summed E-state index contributed by atoms with van der Waals surface area (Å²) in [5, 5.41) is 4.46. The Morgan fingerprint density at radius 2 is 0.887 bits per heavy atom. The molecule has 0 aliphatic rings. The number of para-hydroxylation sites is 1. The Morgan fingerprint density at radius 3 is 1.68 bits per heavy atom. The van der Waals surface area contributed by atoms with Gasteiger partial charge in [0.25, 0.3) is 0 Å². The standard InChI is InChI=1S/C49H31N3O/c1-3-13-34(14-4-1)40-29-28-39(31-43(40)35-15-5-2-6-16-35)48-50-47(36-25-22-33(23-26-36)38-27-24-32-12-7-8-17-37(32)30-38)51-49(52-48)42-19-11-21-45-46(42)41-18-9-10-20-44(41)53-45/h1-31H. The van der Waals surface area contributed by atoms with Crippen molar-refractivity contribution in [3.05, 3.63) is 188 Å². The fourth-order valence-electron chi connectivity index (χ4n) is 7.31. The molecule has 0 bridgehead atoms. The van der Waals surface area contributed by atoms with Gasteiger partial charge in [-0.05, 0) is 68.4 Å². The van der Waals surface area contributed by atoms with E-state index >= 15 is 0 Å². The summed E-state index contributed by atoms with van der Waals surface area (Å²) in [5.74, 6) is 1.80. The number of nitrogens with zero attached hydrogens (tertiary/aromatic N) is 3. The molecule has 53 heavy (non-hydrogen) atoms. The van der Waals surface area contributed by atoms with Crippen LogP contribution in [0.2, 0.25) is 0 Å². The minimum absolute atomic E-state index is 0.592. The normalized spacial score (nSPS) is 11.4. The van der Waals surface area contributed by atoms with Gasteiger partial charge < -0.3 is 4.42 Å². The maximum absolute atomic E-state index is 6.28. The Kier molecular flexibility index (Phi) is 7.43. The predicted octanol–water partition coefficient (Wildman–Crippen LogP) is 12.9. The molecule has 0 aliphatic heterocycles. The summed E-state index contributed by atoms with van der Waals surface area (Å²) >= 11 is 0. The van der Waals surface area contributed by atoms with E-state index in [9.17, 15) is 0 Å². The topological polar surface area (TPSA) is 51.8 Å². The van der Waals surface area contributed by atoms with Crippen molar-refractivity contribution >= 4 is 32.7 Å². The van der Waals surface area contributed by atoms with E-state index in [0.717, 1.165) is 72.0 Å². The highest BCUT2D eigenvalue weighted by atomic mass is 16.3. The first-order valence-electron chi connectivity index (χ1n) is 17.8. The molecule has 248 valence electrons. The average molecular weight is 678 g/mol. The summed E-state index contributed by atoms with van der Waals surface area (Å²) in [6.45, 7) is 0. The summed E-state index contributed by atoms with van der Waals surface area (Å²) in [7, 11) is 0. The number of hydrogen-bond acceptors (Lipinski definition) is 4. The van der Waals surface area contributed by atoms with Gasteiger partial charge in [0.05, 0.1) is 0 Å². The highest BCUT2D eigenvalue weighted by Crippen LogP contribution is 2.39. The molecule has 0 atom stereocenters. The van der Waals surface area contributed by atoms with Crippen molar-refractivity contribution in [3.8, 4) is 67.5 Å². The van der Waals surface area contributed by atoms with Crippen molar-refractivity contribution in [1.29, 1.82) is 0 Å². The van der Waals surface area contributed by atoms with E-state index < -0.39 is 0 Å². The van der Waals surface area contributed by atoms with E-state index in [1.165, 1.54) is 10.8 Å². The molecule has 4 nitrogen and oxygen atoms in total. The molecule has 0 spiro atoms. The maximum atomic E-state index is 6.28. The molecule has 0 saturated carbocycles. The van der Waals surface area contributed by atoms with E-state index in [4.69, 9.17) is 19.4 Å². The third-order valence-corrected chi connectivity index (χ3v) is 9.95. The van der Waals surface area contributed by atoms with Gasteiger partial charge in [-0.2, -0.15) is 0 Å². The second-order valence-electron chi connectivity index (χ2n) is 13.2. The fraction of sp³-hybridized carbons (Fsp3) is 0. The molecule has 0 fully saturated rings. The lowest BCUT2D eigenvalue weighted by atomic mass is 9.92. The molecule has 0 radical (unpaired) electrons. The van der Waals surface area contributed by atoms with Gasteiger partial charge in [0.1, 0.15) is 11.2 Å². The van der Waals surface area contributed by atoms with Gasteiger partial charge in [0, 0.05) is 27.5 Å². The lowest BCUT2D eigenvalue weighted by molar-refractivity contribution is 0.669.